The Labute approximate surface area is 325 Å². The zero-order chi connectivity index (χ0) is 38.3. The zero-order valence-corrected chi connectivity index (χ0v) is 33.4. The Morgan fingerprint density at radius 1 is 1.02 bits per heavy atom. The van der Waals surface area contributed by atoms with Crippen LogP contribution in [0, 0.1) is 25.2 Å². The summed E-state index contributed by atoms with van der Waals surface area (Å²) in [5.41, 5.74) is 9.14. The summed E-state index contributed by atoms with van der Waals surface area (Å²) in [5, 5.41) is 9.93. The van der Waals surface area contributed by atoms with Gasteiger partial charge >= 0.3 is 0 Å². The van der Waals surface area contributed by atoms with Gasteiger partial charge in [-0.3, -0.25) is 19.4 Å². The van der Waals surface area contributed by atoms with E-state index in [1.54, 1.807) is 38.0 Å². The molecule has 0 spiro atoms. The summed E-state index contributed by atoms with van der Waals surface area (Å²) >= 11 is 3.37. The minimum atomic E-state index is -0.267. The number of amides is 1. The molecule has 1 amide bonds. The number of carbonyl (C=O) groups excluding carboxylic acids is 1. The Morgan fingerprint density at radius 3 is 2.35 bits per heavy atom. The highest BCUT2D eigenvalue weighted by molar-refractivity contribution is 9.10. The number of halogens is 1. The number of aromatic nitrogens is 2. The second kappa shape index (κ2) is 15.5. The van der Waals surface area contributed by atoms with Crippen molar-refractivity contribution in [1.29, 1.82) is 5.26 Å². The number of likely N-dealkylation sites (tertiary alicyclic amines) is 1. The molecular weight excluding hydrogens is 744 g/mol. The number of nitrogens with zero attached hydrogens (tertiary/aromatic N) is 6. The molecule has 3 aliphatic heterocycles. The maximum atomic E-state index is 13.7. The highest BCUT2D eigenvalue weighted by Crippen LogP contribution is 2.40. The van der Waals surface area contributed by atoms with Crippen molar-refractivity contribution in [1.82, 2.24) is 24.3 Å². The fourth-order valence-electron chi connectivity index (χ4n) is 8.77. The first-order valence-electron chi connectivity index (χ1n) is 18.6. The molecule has 54 heavy (non-hydrogen) atoms. The number of piperazine rings is 1. The predicted octanol–water partition coefficient (Wildman–Crippen LogP) is 6.75. The minimum Gasteiger partial charge on any atom is -0.496 e. The highest BCUT2D eigenvalue weighted by atomic mass is 79.9. The van der Waals surface area contributed by atoms with E-state index in [4.69, 9.17) is 9.47 Å². The quantitative estimate of drug-likeness (QED) is 0.104. The van der Waals surface area contributed by atoms with E-state index < -0.39 is 0 Å². The molecule has 0 N–H and O–H groups in total. The molecule has 3 unspecified atom stereocenters. The fourth-order valence-corrected chi connectivity index (χ4v) is 9.12. The van der Waals surface area contributed by atoms with Gasteiger partial charge in [0.05, 0.1) is 31.5 Å². The number of benzene rings is 2. The molecule has 2 saturated heterocycles. The maximum Gasteiger partial charge on any atom is 0.265 e. The van der Waals surface area contributed by atoms with Crippen LogP contribution in [0.5, 0.6) is 11.5 Å². The first kappa shape index (κ1) is 37.6. The Balaban J connectivity index is 1.06. The van der Waals surface area contributed by atoms with Crippen molar-refractivity contribution in [2.45, 2.75) is 71.2 Å². The van der Waals surface area contributed by atoms with E-state index in [2.05, 4.69) is 74.0 Å². The summed E-state index contributed by atoms with van der Waals surface area (Å²) in [5.74, 6) is 1.30. The Hall–Kier alpha value is -4.76. The Morgan fingerprint density at radius 2 is 1.70 bits per heavy atom. The van der Waals surface area contributed by atoms with Gasteiger partial charge in [0.15, 0.2) is 0 Å². The number of aryl methyl sites for hydroxylation is 1. The van der Waals surface area contributed by atoms with Crippen molar-refractivity contribution >= 4 is 27.9 Å². The summed E-state index contributed by atoms with van der Waals surface area (Å²) in [6, 6.07) is 18.9. The predicted molar refractivity (Wildman–Crippen MR) is 213 cm³/mol. The standard InChI is InChI=1S/C43H47BrN6O4/c1-26-27(2)42(51)47(4)24-37(26)30-18-39(53-5)38(40(19-30)54-6)25-48-22-33-13-14-34(23-48)50(33)21-29-9-7-11-35-28(3)49(16-15-36(29)35)43(52)31(20-45)17-32-10-8-12-41(44)46-32/h7-12,17-19,24,28,33-34H,13-16,21-23,25H2,1-6H3/b31-17+. The molecule has 11 heteroatoms. The normalized spacial score (nSPS) is 20.1. The Kier molecular flexibility index (Phi) is 10.8. The maximum absolute atomic E-state index is 13.7. The van der Waals surface area contributed by atoms with Gasteiger partial charge in [-0.1, -0.05) is 24.3 Å². The van der Waals surface area contributed by atoms with Gasteiger partial charge in [-0.05, 0) is 114 Å². The highest BCUT2D eigenvalue weighted by Gasteiger charge is 2.41. The molecule has 280 valence electrons. The molecule has 3 atom stereocenters. The molecule has 0 radical (unpaired) electrons. The molecule has 0 aliphatic carbocycles. The van der Waals surface area contributed by atoms with Gasteiger partial charge in [0, 0.05) is 69.2 Å². The van der Waals surface area contributed by atoms with Gasteiger partial charge in [-0.25, -0.2) is 4.98 Å². The van der Waals surface area contributed by atoms with Gasteiger partial charge in [-0.15, -0.1) is 0 Å². The van der Waals surface area contributed by atoms with Gasteiger partial charge in [0.2, 0.25) is 0 Å². The van der Waals surface area contributed by atoms with E-state index in [0.717, 1.165) is 90.3 Å². The summed E-state index contributed by atoms with van der Waals surface area (Å²) in [6.07, 6.45) is 6.52. The fraction of sp³-hybridized carbons (Fsp3) is 0.395. The van der Waals surface area contributed by atoms with E-state index in [1.165, 1.54) is 11.1 Å². The third kappa shape index (κ3) is 7.10. The number of hydrogen-bond acceptors (Lipinski definition) is 8. The number of nitriles is 1. The van der Waals surface area contributed by atoms with Crippen LogP contribution >= 0.6 is 15.9 Å². The average Bonchev–Trinajstić information content (AvgIpc) is 3.40. The van der Waals surface area contributed by atoms with Crippen molar-refractivity contribution in [3.63, 3.8) is 0 Å². The summed E-state index contributed by atoms with van der Waals surface area (Å²) < 4.78 is 14.3. The number of rotatable bonds is 9. The largest absolute Gasteiger partial charge is 0.496 e. The first-order chi connectivity index (χ1) is 26.0. The van der Waals surface area contributed by atoms with Gasteiger partial charge in [0.1, 0.15) is 27.7 Å². The van der Waals surface area contributed by atoms with Crippen molar-refractivity contribution < 1.29 is 14.3 Å². The smallest absolute Gasteiger partial charge is 0.265 e. The summed E-state index contributed by atoms with van der Waals surface area (Å²) in [6.45, 7) is 9.98. The molecule has 2 bridgehead atoms. The van der Waals surface area contributed by atoms with Crippen LogP contribution < -0.4 is 15.0 Å². The van der Waals surface area contributed by atoms with Gasteiger partial charge < -0.3 is 18.9 Å². The summed E-state index contributed by atoms with van der Waals surface area (Å²) in [7, 11) is 5.20. The second-order valence-corrected chi connectivity index (χ2v) is 15.6. The second-order valence-electron chi connectivity index (χ2n) is 14.8. The van der Waals surface area contributed by atoms with Crippen LogP contribution in [0.1, 0.15) is 64.9 Å². The number of fused-ring (bicyclic) bond motifs is 3. The van der Waals surface area contributed by atoms with Crippen molar-refractivity contribution in [3.05, 3.63) is 114 Å². The molecule has 5 heterocycles. The summed E-state index contributed by atoms with van der Waals surface area (Å²) in [4.78, 5) is 37.6. The van der Waals surface area contributed by atoms with Crippen LogP contribution in [0.25, 0.3) is 17.2 Å². The number of methoxy groups -OCH3 is 2. The van der Waals surface area contributed by atoms with Crippen molar-refractivity contribution in [2.75, 3.05) is 33.9 Å². The lowest BCUT2D eigenvalue weighted by atomic mass is 9.88. The van der Waals surface area contributed by atoms with Crippen LogP contribution in [-0.4, -0.2) is 76.1 Å². The Bertz CT molecular complexity index is 2200. The molecule has 7 rings (SSSR count). The monoisotopic (exact) mass is 790 g/mol. The molecule has 0 saturated carbocycles. The van der Waals surface area contributed by atoms with Crippen LogP contribution in [0.3, 0.4) is 0 Å². The van der Waals surface area contributed by atoms with Crippen LogP contribution in [-0.2, 0) is 31.4 Å². The lowest BCUT2D eigenvalue weighted by molar-refractivity contribution is -0.129. The van der Waals surface area contributed by atoms with E-state index >= 15 is 0 Å². The topological polar surface area (TPSA) is 104 Å². The molecule has 2 fully saturated rings. The van der Waals surface area contributed by atoms with Crippen LogP contribution in [0.2, 0.25) is 0 Å². The first-order valence-corrected chi connectivity index (χ1v) is 19.4. The number of hydrogen-bond donors (Lipinski definition) is 0. The number of ether oxygens (including phenoxy) is 2. The molecule has 10 nitrogen and oxygen atoms in total. The van der Waals surface area contributed by atoms with E-state index in [-0.39, 0.29) is 23.1 Å². The molecule has 2 aromatic carbocycles. The molecule has 2 aromatic heterocycles. The van der Waals surface area contributed by atoms with Gasteiger partial charge in [0.25, 0.3) is 11.5 Å². The number of pyridine rings is 2. The zero-order valence-electron chi connectivity index (χ0n) is 31.9. The molecular formula is C43H47BrN6O4. The van der Waals surface area contributed by atoms with E-state index in [1.807, 2.05) is 37.1 Å². The number of carbonyl (C=O) groups is 1. The molecule has 4 aromatic rings. The van der Waals surface area contributed by atoms with Crippen LogP contribution in [0.15, 0.2) is 69.7 Å². The van der Waals surface area contributed by atoms with Crippen LogP contribution in [0.4, 0.5) is 0 Å². The third-order valence-corrected chi connectivity index (χ3v) is 12.2. The van der Waals surface area contributed by atoms with Gasteiger partial charge in [-0.2, -0.15) is 5.26 Å². The lowest BCUT2D eigenvalue weighted by Gasteiger charge is -2.42. The lowest BCUT2D eigenvalue weighted by Crippen LogP contribution is -2.53. The average molecular weight is 792 g/mol. The third-order valence-electron chi connectivity index (χ3n) is 11.8. The van der Waals surface area contributed by atoms with Crippen molar-refractivity contribution in [3.8, 4) is 28.7 Å². The van der Waals surface area contributed by atoms with E-state index in [0.29, 0.717) is 28.9 Å². The minimum absolute atomic E-state index is 0.00954. The molecule has 3 aliphatic rings. The van der Waals surface area contributed by atoms with E-state index in [9.17, 15) is 14.9 Å². The SMILES string of the molecule is COc1cc(-c2cn(C)c(=O)c(C)c2C)cc(OC)c1CN1CC2CCC(C1)N2Cc1cccc2c1CCN(C(=O)/C(C#N)=C/c1cccc(Br)n1)C2C. The van der Waals surface area contributed by atoms with Crippen molar-refractivity contribution in [2.24, 2.45) is 7.05 Å².